The maximum absolute atomic E-state index is 11.5. The predicted octanol–water partition coefficient (Wildman–Crippen LogP) is 2.16. The Kier molecular flexibility index (Phi) is 5.01. The molecule has 0 aromatic heterocycles. The highest BCUT2D eigenvalue weighted by Gasteiger charge is 2.19. The van der Waals surface area contributed by atoms with Gasteiger partial charge in [0.1, 0.15) is 0 Å². The van der Waals surface area contributed by atoms with Crippen molar-refractivity contribution < 1.29 is 4.79 Å². The molecule has 0 radical (unpaired) electrons. The van der Waals surface area contributed by atoms with Crippen LogP contribution in [0, 0.1) is 0 Å². The largest absolute Gasteiger partial charge is 0.369 e. The molecule has 1 aromatic carbocycles. The zero-order valence-corrected chi connectivity index (χ0v) is 12.5. The first-order valence-corrected chi connectivity index (χ1v) is 7.48. The number of nitrogens with zero attached hydrogens (tertiary/aromatic N) is 2. The molecule has 1 amide bonds. The molecule has 4 nitrogen and oxygen atoms in total. The van der Waals surface area contributed by atoms with E-state index < -0.39 is 0 Å². The Labute approximate surface area is 121 Å². The second-order valence-electron chi connectivity index (χ2n) is 5.42. The molecule has 1 aliphatic heterocycles. The van der Waals surface area contributed by atoms with E-state index in [9.17, 15) is 4.79 Å². The van der Waals surface area contributed by atoms with Crippen molar-refractivity contribution in [3.63, 3.8) is 0 Å². The lowest BCUT2D eigenvalue weighted by atomic mass is 10.0. The van der Waals surface area contributed by atoms with Gasteiger partial charge >= 0.3 is 0 Å². The van der Waals surface area contributed by atoms with Gasteiger partial charge in [0.25, 0.3) is 0 Å². The van der Waals surface area contributed by atoms with Crippen molar-refractivity contribution in [3.05, 3.63) is 29.8 Å². The first-order valence-electron chi connectivity index (χ1n) is 7.48. The van der Waals surface area contributed by atoms with Crippen molar-refractivity contribution in [3.8, 4) is 0 Å². The van der Waals surface area contributed by atoms with E-state index in [0.717, 1.165) is 39.0 Å². The van der Waals surface area contributed by atoms with E-state index in [-0.39, 0.29) is 11.9 Å². The van der Waals surface area contributed by atoms with Gasteiger partial charge in [-0.2, -0.15) is 0 Å². The van der Waals surface area contributed by atoms with E-state index in [1.54, 1.807) is 6.92 Å². The van der Waals surface area contributed by atoms with Crippen LogP contribution in [0.1, 0.15) is 38.3 Å². The number of rotatable bonds is 3. The maximum Gasteiger partial charge on any atom is 0.219 e. The van der Waals surface area contributed by atoms with Crippen LogP contribution in [-0.4, -0.2) is 37.0 Å². The highest BCUT2D eigenvalue weighted by Crippen LogP contribution is 2.27. The zero-order valence-electron chi connectivity index (χ0n) is 12.5. The third-order valence-electron chi connectivity index (χ3n) is 4.06. The number of para-hydroxylation sites is 1. The van der Waals surface area contributed by atoms with Crippen molar-refractivity contribution in [1.82, 2.24) is 4.90 Å². The van der Waals surface area contributed by atoms with Crippen LogP contribution in [0.2, 0.25) is 0 Å². The molecule has 1 saturated heterocycles. The molecule has 0 aliphatic carbocycles. The molecule has 1 aliphatic rings. The van der Waals surface area contributed by atoms with E-state index in [2.05, 4.69) is 30.0 Å². The van der Waals surface area contributed by atoms with Gasteiger partial charge in [-0.15, -0.1) is 0 Å². The van der Waals surface area contributed by atoms with Crippen LogP contribution in [0.5, 0.6) is 0 Å². The Balaban J connectivity index is 2.17. The lowest BCUT2D eigenvalue weighted by molar-refractivity contribution is -0.128. The predicted molar refractivity (Wildman–Crippen MR) is 82.7 cm³/mol. The van der Waals surface area contributed by atoms with Crippen molar-refractivity contribution in [2.24, 2.45) is 5.73 Å². The molecule has 0 spiro atoms. The summed E-state index contributed by atoms with van der Waals surface area (Å²) >= 11 is 0. The summed E-state index contributed by atoms with van der Waals surface area (Å²) in [6.07, 6.45) is 1.94. The second kappa shape index (κ2) is 6.75. The van der Waals surface area contributed by atoms with E-state index in [1.807, 2.05) is 11.0 Å². The smallest absolute Gasteiger partial charge is 0.219 e. The minimum atomic E-state index is 0.0818. The minimum absolute atomic E-state index is 0.0818. The van der Waals surface area contributed by atoms with E-state index in [0.29, 0.717) is 0 Å². The van der Waals surface area contributed by atoms with Crippen LogP contribution in [0.3, 0.4) is 0 Å². The number of carbonyl (C=O) groups excluding carboxylic acids is 1. The second-order valence-corrected chi connectivity index (χ2v) is 5.42. The molecular formula is C16H25N3O. The molecule has 0 bridgehead atoms. The topological polar surface area (TPSA) is 49.6 Å². The summed E-state index contributed by atoms with van der Waals surface area (Å²) in [6, 6.07) is 8.47. The number of benzene rings is 1. The van der Waals surface area contributed by atoms with Crippen molar-refractivity contribution >= 4 is 11.6 Å². The summed E-state index contributed by atoms with van der Waals surface area (Å²) in [5, 5.41) is 0. The lowest BCUT2D eigenvalue weighted by Gasteiger charge is -2.27. The lowest BCUT2D eigenvalue weighted by Crippen LogP contribution is -2.34. The SMILES string of the molecule is CC[C@@H](N)c1ccccc1N1CCCN(C(C)=O)CC1. The van der Waals surface area contributed by atoms with Crippen LogP contribution in [0.15, 0.2) is 24.3 Å². The van der Waals surface area contributed by atoms with Gasteiger partial charge in [-0.1, -0.05) is 25.1 Å². The summed E-state index contributed by atoms with van der Waals surface area (Å²) in [6.45, 7) is 7.28. The Morgan fingerprint density at radius 3 is 2.70 bits per heavy atom. The highest BCUT2D eigenvalue weighted by molar-refractivity contribution is 5.73. The van der Waals surface area contributed by atoms with Gasteiger partial charge in [-0.3, -0.25) is 4.79 Å². The van der Waals surface area contributed by atoms with Crippen molar-refractivity contribution in [2.45, 2.75) is 32.7 Å². The number of hydrogen-bond acceptors (Lipinski definition) is 3. The van der Waals surface area contributed by atoms with E-state index in [4.69, 9.17) is 5.73 Å². The normalized spacial score (nSPS) is 17.8. The average Bonchev–Trinajstić information content (AvgIpc) is 2.72. The number of nitrogens with two attached hydrogens (primary N) is 1. The van der Waals surface area contributed by atoms with Gasteiger partial charge in [0.05, 0.1) is 0 Å². The van der Waals surface area contributed by atoms with Crippen molar-refractivity contribution in [2.75, 3.05) is 31.1 Å². The summed E-state index contributed by atoms with van der Waals surface area (Å²) in [4.78, 5) is 15.8. The van der Waals surface area contributed by atoms with Crippen LogP contribution in [0.25, 0.3) is 0 Å². The van der Waals surface area contributed by atoms with Crippen LogP contribution in [-0.2, 0) is 4.79 Å². The Morgan fingerprint density at radius 1 is 1.25 bits per heavy atom. The summed E-state index contributed by atoms with van der Waals surface area (Å²) in [5.41, 5.74) is 8.67. The summed E-state index contributed by atoms with van der Waals surface area (Å²) in [7, 11) is 0. The molecule has 20 heavy (non-hydrogen) atoms. The van der Waals surface area contributed by atoms with Crippen molar-refractivity contribution in [1.29, 1.82) is 0 Å². The van der Waals surface area contributed by atoms with Crippen LogP contribution in [0.4, 0.5) is 5.69 Å². The third kappa shape index (κ3) is 3.31. The number of hydrogen-bond donors (Lipinski definition) is 1. The van der Waals surface area contributed by atoms with E-state index in [1.165, 1.54) is 11.3 Å². The molecule has 1 aromatic rings. The van der Waals surface area contributed by atoms with Gasteiger partial charge in [0, 0.05) is 44.8 Å². The average molecular weight is 275 g/mol. The summed E-state index contributed by atoms with van der Waals surface area (Å²) < 4.78 is 0. The maximum atomic E-state index is 11.5. The van der Waals surface area contributed by atoms with Gasteiger partial charge in [0.2, 0.25) is 5.91 Å². The van der Waals surface area contributed by atoms with Crippen LogP contribution >= 0.6 is 0 Å². The van der Waals surface area contributed by atoms with Gasteiger partial charge < -0.3 is 15.5 Å². The molecule has 0 saturated carbocycles. The van der Waals surface area contributed by atoms with Crippen LogP contribution < -0.4 is 10.6 Å². The standard InChI is InChI=1S/C16H25N3O/c1-3-15(17)14-7-4-5-8-16(14)19-10-6-9-18(11-12-19)13(2)20/h4-5,7-8,15H,3,6,9-12,17H2,1-2H3/t15-/m1/s1. The number of carbonyl (C=O) groups is 1. The molecular weight excluding hydrogens is 250 g/mol. The monoisotopic (exact) mass is 275 g/mol. The minimum Gasteiger partial charge on any atom is -0.369 e. The van der Waals surface area contributed by atoms with Gasteiger partial charge in [0.15, 0.2) is 0 Å². The molecule has 2 N–H and O–H groups in total. The van der Waals surface area contributed by atoms with Gasteiger partial charge in [-0.05, 0) is 24.5 Å². The molecule has 0 unspecified atom stereocenters. The quantitative estimate of drug-likeness (QED) is 0.919. The number of anilines is 1. The molecule has 2 rings (SSSR count). The first-order chi connectivity index (χ1) is 9.63. The third-order valence-corrected chi connectivity index (χ3v) is 4.06. The fourth-order valence-electron chi connectivity index (χ4n) is 2.78. The Hall–Kier alpha value is -1.55. The zero-order chi connectivity index (χ0) is 14.5. The fraction of sp³-hybridized carbons (Fsp3) is 0.562. The Bertz CT molecular complexity index is 461. The fourth-order valence-corrected chi connectivity index (χ4v) is 2.78. The summed E-state index contributed by atoms with van der Waals surface area (Å²) in [5.74, 6) is 0.172. The van der Waals surface area contributed by atoms with Gasteiger partial charge in [-0.25, -0.2) is 0 Å². The number of amides is 1. The molecule has 1 atom stereocenters. The molecule has 110 valence electrons. The molecule has 1 heterocycles. The molecule has 4 heteroatoms. The first kappa shape index (κ1) is 14.9. The van der Waals surface area contributed by atoms with E-state index >= 15 is 0 Å². The highest BCUT2D eigenvalue weighted by atomic mass is 16.2. The Morgan fingerprint density at radius 2 is 2.00 bits per heavy atom. The molecule has 1 fully saturated rings.